The van der Waals surface area contributed by atoms with Gasteiger partial charge in [-0.25, -0.2) is 9.97 Å². The lowest BCUT2D eigenvalue weighted by Gasteiger charge is -2.25. The molecule has 1 aliphatic carbocycles. The Morgan fingerprint density at radius 3 is 2.04 bits per heavy atom. The lowest BCUT2D eigenvalue weighted by atomic mass is 9.82. The van der Waals surface area contributed by atoms with Gasteiger partial charge >= 0.3 is 0 Å². The van der Waals surface area contributed by atoms with Crippen molar-refractivity contribution < 1.29 is 9.47 Å². The molecule has 6 aromatic carbocycles. The minimum absolute atomic E-state index is 0.103. The third-order valence-corrected chi connectivity index (χ3v) is 9.22. The standard InChI is InChI=1S/C41H28N2O2/c1-41(2)33-17-9-8-15-30(33)31-22-38-39(23-34(31)41)44-36-20-19-26(21-37(36)45-38)27-13-6-7-14-28(27)29-16-10-18-35-32(29)24-42-40(43-35)25-11-4-3-5-12-25/h3-24H,1-2H3. The fourth-order valence-electron chi connectivity index (χ4n) is 6.93. The topological polar surface area (TPSA) is 44.2 Å². The van der Waals surface area contributed by atoms with Crippen LogP contribution in [0.25, 0.3) is 55.7 Å². The molecule has 0 unspecified atom stereocenters. The third-order valence-electron chi connectivity index (χ3n) is 9.22. The van der Waals surface area contributed by atoms with Gasteiger partial charge in [0.2, 0.25) is 0 Å². The zero-order valence-electron chi connectivity index (χ0n) is 24.9. The van der Waals surface area contributed by atoms with Crippen molar-refractivity contribution >= 4 is 10.9 Å². The fourth-order valence-corrected chi connectivity index (χ4v) is 6.93. The van der Waals surface area contributed by atoms with Crippen molar-refractivity contribution in [3.05, 3.63) is 145 Å². The third kappa shape index (κ3) is 3.99. The first-order chi connectivity index (χ1) is 22.0. The van der Waals surface area contributed by atoms with E-state index in [1.54, 1.807) is 0 Å². The lowest BCUT2D eigenvalue weighted by Crippen LogP contribution is -2.15. The second-order valence-corrected chi connectivity index (χ2v) is 12.2. The van der Waals surface area contributed by atoms with Gasteiger partial charge in [-0.05, 0) is 74.8 Å². The van der Waals surface area contributed by atoms with Crippen LogP contribution in [-0.4, -0.2) is 9.97 Å². The first-order valence-electron chi connectivity index (χ1n) is 15.2. The summed E-state index contributed by atoms with van der Waals surface area (Å²) in [6.45, 7) is 4.55. The molecule has 0 amide bonds. The van der Waals surface area contributed by atoms with E-state index in [0.717, 1.165) is 56.0 Å². The number of benzene rings is 6. The lowest BCUT2D eigenvalue weighted by molar-refractivity contribution is 0.359. The van der Waals surface area contributed by atoms with E-state index in [0.29, 0.717) is 11.5 Å². The van der Waals surface area contributed by atoms with E-state index in [2.05, 4.69) is 98.8 Å². The Morgan fingerprint density at radius 1 is 0.489 bits per heavy atom. The molecule has 0 N–H and O–H groups in total. The SMILES string of the molecule is CC1(C)c2ccccc2-c2cc3c(cc21)Oc1ccc(-c2ccccc2-c2cccc4nc(-c5ccccc5)ncc24)cc1O3. The van der Waals surface area contributed by atoms with Crippen LogP contribution < -0.4 is 9.47 Å². The van der Waals surface area contributed by atoms with Gasteiger partial charge in [0.15, 0.2) is 28.8 Å². The molecule has 2 heterocycles. The Kier molecular flexibility index (Phi) is 5.51. The van der Waals surface area contributed by atoms with Crippen LogP contribution in [0.4, 0.5) is 0 Å². The zero-order chi connectivity index (χ0) is 30.1. The Bertz CT molecular complexity index is 2310. The Labute approximate surface area is 261 Å². The minimum Gasteiger partial charge on any atom is -0.450 e. The maximum atomic E-state index is 6.57. The summed E-state index contributed by atoms with van der Waals surface area (Å²) < 4.78 is 13.0. The van der Waals surface area contributed by atoms with Gasteiger partial charge in [0, 0.05) is 22.6 Å². The summed E-state index contributed by atoms with van der Waals surface area (Å²) in [4.78, 5) is 9.66. The summed E-state index contributed by atoms with van der Waals surface area (Å²) >= 11 is 0. The monoisotopic (exact) mass is 580 g/mol. The normalized spacial score (nSPS) is 13.6. The van der Waals surface area contributed by atoms with Gasteiger partial charge in [-0.2, -0.15) is 0 Å². The highest BCUT2D eigenvalue weighted by molar-refractivity contribution is 5.99. The number of ether oxygens (including phenoxy) is 2. The van der Waals surface area contributed by atoms with Crippen LogP contribution in [0.15, 0.2) is 134 Å². The molecule has 9 rings (SSSR count). The smallest absolute Gasteiger partial charge is 0.170 e. The number of rotatable bonds is 3. The summed E-state index contributed by atoms with van der Waals surface area (Å²) in [7, 11) is 0. The van der Waals surface area contributed by atoms with Crippen molar-refractivity contribution in [3.8, 4) is 67.8 Å². The highest BCUT2D eigenvalue weighted by Gasteiger charge is 2.37. The highest BCUT2D eigenvalue weighted by atomic mass is 16.6. The first-order valence-corrected chi connectivity index (χ1v) is 15.2. The largest absolute Gasteiger partial charge is 0.450 e. The summed E-state index contributed by atoms with van der Waals surface area (Å²) in [5.74, 6) is 3.62. The molecule has 4 heteroatoms. The van der Waals surface area contributed by atoms with E-state index in [1.165, 1.54) is 22.3 Å². The van der Waals surface area contributed by atoms with Crippen LogP contribution in [-0.2, 0) is 5.41 Å². The summed E-state index contributed by atoms with van der Waals surface area (Å²) in [5, 5.41) is 1.01. The fraction of sp³-hybridized carbons (Fsp3) is 0.0732. The van der Waals surface area contributed by atoms with Crippen LogP contribution >= 0.6 is 0 Å². The van der Waals surface area contributed by atoms with Gasteiger partial charge in [-0.3, -0.25) is 0 Å². The summed E-state index contributed by atoms with van der Waals surface area (Å²) in [5.41, 5.74) is 11.2. The molecule has 0 fully saturated rings. The molecule has 0 saturated heterocycles. The van der Waals surface area contributed by atoms with Crippen LogP contribution in [0.2, 0.25) is 0 Å². The van der Waals surface area contributed by atoms with E-state index in [9.17, 15) is 0 Å². The molecule has 214 valence electrons. The molecule has 0 atom stereocenters. The molecule has 0 radical (unpaired) electrons. The average Bonchev–Trinajstić information content (AvgIpc) is 3.31. The Morgan fingerprint density at radius 2 is 1.18 bits per heavy atom. The van der Waals surface area contributed by atoms with Gasteiger partial charge in [0.1, 0.15) is 0 Å². The van der Waals surface area contributed by atoms with Crippen LogP contribution in [0.5, 0.6) is 23.0 Å². The molecule has 45 heavy (non-hydrogen) atoms. The second-order valence-electron chi connectivity index (χ2n) is 12.2. The van der Waals surface area contributed by atoms with Crippen molar-refractivity contribution in [2.75, 3.05) is 0 Å². The quantitative estimate of drug-likeness (QED) is 0.208. The average molecular weight is 581 g/mol. The zero-order valence-corrected chi connectivity index (χ0v) is 24.9. The van der Waals surface area contributed by atoms with Crippen LogP contribution in [0.1, 0.15) is 25.0 Å². The molecule has 0 spiro atoms. The van der Waals surface area contributed by atoms with Gasteiger partial charge in [-0.1, -0.05) is 111 Å². The van der Waals surface area contributed by atoms with E-state index in [-0.39, 0.29) is 5.41 Å². The van der Waals surface area contributed by atoms with Gasteiger partial charge in [-0.15, -0.1) is 0 Å². The first kappa shape index (κ1) is 25.7. The predicted molar refractivity (Wildman–Crippen MR) is 180 cm³/mol. The van der Waals surface area contributed by atoms with Crippen molar-refractivity contribution in [3.63, 3.8) is 0 Å². The number of hydrogen-bond acceptors (Lipinski definition) is 4. The Balaban J connectivity index is 1.11. The van der Waals surface area contributed by atoms with E-state index in [4.69, 9.17) is 19.4 Å². The number of fused-ring (bicyclic) bond motifs is 6. The van der Waals surface area contributed by atoms with Crippen molar-refractivity contribution in [1.82, 2.24) is 9.97 Å². The van der Waals surface area contributed by atoms with Crippen molar-refractivity contribution in [2.45, 2.75) is 19.3 Å². The van der Waals surface area contributed by atoms with Crippen molar-refractivity contribution in [2.24, 2.45) is 0 Å². The minimum atomic E-state index is -0.103. The number of nitrogens with zero attached hydrogens (tertiary/aromatic N) is 2. The molecular formula is C41H28N2O2. The van der Waals surface area contributed by atoms with Crippen molar-refractivity contribution in [1.29, 1.82) is 0 Å². The molecule has 2 aliphatic rings. The second kappa shape index (κ2) is 9.63. The molecule has 1 aromatic heterocycles. The predicted octanol–water partition coefficient (Wildman–Crippen LogP) is 10.8. The number of hydrogen-bond donors (Lipinski definition) is 0. The van der Waals surface area contributed by atoms with Gasteiger partial charge in [0.25, 0.3) is 0 Å². The van der Waals surface area contributed by atoms with E-state index >= 15 is 0 Å². The molecule has 1 aliphatic heterocycles. The molecule has 0 saturated carbocycles. The van der Waals surface area contributed by atoms with Crippen LogP contribution in [0.3, 0.4) is 0 Å². The molecule has 7 aromatic rings. The van der Waals surface area contributed by atoms with Crippen LogP contribution in [0, 0.1) is 0 Å². The molecular weight excluding hydrogens is 552 g/mol. The van der Waals surface area contributed by atoms with Gasteiger partial charge < -0.3 is 9.47 Å². The maximum absolute atomic E-state index is 6.57. The molecule has 4 nitrogen and oxygen atoms in total. The maximum Gasteiger partial charge on any atom is 0.170 e. The van der Waals surface area contributed by atoms with E-state index in [1.807, 2.05) is 48.7 Å². The van der Waals surface area contributed by atoms with E-state index < -0.39 is 0 Å². The highest BCUT2D eigenvalue weighted by Crippen LogP contribution is 2.55. The summed E-state index contributed by atoms with van der Waals surface area (Å²) in [6.07, 6.45) is 1.94. The van der Waals surface area contributed by atoms with Gasteiger partial charge in [0.05, 0.1) is 5.52 Å². The molecule has 0 bridgehead atoms. The number of aromatic nitrogens is 2. The Hall–Kier alpha value is -5.74. The summed E-state index contributed by atoms with van der Waals surface area (Å²) in [6, 6.07) is 43.9.